The summed E-state index contributed by atoms with van der Waals surface area (Å²) in [5, 5.41) is 0. The van der Waals surface area contributed by atoms with E-state index < -0.39 is 0 Å². The first-order valence-electron chi connectivity index (χ1n) is 6.29. The molecule has 1 heterocycles. The van der Waals surface area contributed by atoms with E-state index in [1.54, 1.807) is 0 Å². The van der Waals surface area contributed by atoms with Crippen LogP contribution < -0.4 is 0 Å². The van der Waals surface area contributed by atoms with Crippen molar-refractivity contribution in [1.29, 1.82) is 0 Å². The van der Waals surface area contributed by atoms with Crippen molar-refractivity contribution in [2.75, 3.05) is 13.2 Å². The maximum atomic E-state index is 6.01. The summed E-state index contributed by atoms with van der Waals surface area (Å²) in [7, 11) is 0. The fourth-order valence-electron chi connectivity index (χ4n) is 2.25. The SMILES string of the molecule is CCOCC(C)n1c(CCl)nc2c(C)cccc21. The second-order valence-corrected chi connectivity index (χ2v) is 4.75. The number of hydrogen-bond donors (Lipinski definition) is 0. The average molecular weight is 267 g/mol. The topological polar surface area (TPSA) is 27.1 Å². The molecule has 0 aliphatic rings. The molecule has 4 heteroatoms. The first-order chi connectivity index (χ1) is 8.69. The second kappa shape index (κ2) is 5.72. The van der Waals surface area contributed by atoms with Crippen molar-refractivity contribution in [3.63, 3.8) is 0 Å². The molecule has 1 atom stereocenters. The van der Waals surface area contributed by atoms with Crippen LogP contribution in [0.4, 0.5) is 0 Å². The predicted molar refractivity (Wildman–Crippen MR) is 75.2 cm³/mol. The highest BCUT2D eigenvalue weighted by Gasteiger charge is 2.16. The molecule has 1 aromatic heterocycles. The van der Waals surface area contributed by atoms with Gasteiger partial charge in [-0.05, 0) is 32.4 Å². The van der Waals surface area contributed by atoms with Crippen LogP contribution in [0.15, 0.2) is 18.2 Å². The number of aromatic nitrogens is 2. The molecule has 18 heavy (non-hydrogen) atoms. The number of benzene rings is 1. The Morgan fingerprint density at radius 1 is 1.44 bits per heavy atom. The number of halogens is 1. The Bertz CT molecular complexity index is 536. The minimum absolute atomic E-state index is 0.241. The van der Waals surface area contributed by atoms with Crippen LogP contribution in [-0.2, 0) is 10.6 Å². The zero-order valence-corrected chi connectivity index (χ0v) is 11.9. The molecule has 98 valence electrons. The van der Waals surface area contributed by atoms with E-state index in [9.17, 15) is 0 Å². The van der Waals surface area contributed by atoms with E-state index in [4.69, 9.17) is 16.3 Å². The molecule has 0 spiro atoms. The quantitative estimate of drug-likeness (QED) is 0.772. The van der Waals surface area contributed by atoms with Crippen molar-refractivity contribution in [2.24, 2.45) is 0 Å². The molecule has 0 fully saturated rings. The van der Waals surface area contributed by atoms with Crippen molar-refractivity contribution in [3.8, 4) is 0 Å². The van der Waals surface area contributed by atoms with Gasteiger partial charge in [0.05, 0.1) is 29.6 Å². The van der Waals surface area contributed by atoms with Crippen LogP contribution in [0, 0.1) is 6.92 Å². The monoisotopic (exact) mass is 266 g/mol. The minimum atomic E-state index is 0.241. The number of nitrogens with zero attached hydrogens (tertiary/aromatic N) is 2. The number of alkyl halides is 1. The summed E-state index contributed by atoms with van der Waals surface area (Å²) >= 11 is 6.01. The molecule has 2 rings (SSSR count). The Labute approximate surface area is 113 Å². The fourth-order valence-corrected chi connectivity index (χ4v) is 2.44. The predicted octanol–water partition coefficient (Wildman–Crippen LogP) is 3.68. The molecule has 0 amide bonds. The third-order valence-corrected chi connectivity index (χ3v) is 3.36. The normalized spacial score (nSPS) is 13.1. The van der Waals surface area contributed by atoms with Crippen LogP contribution in [0.5, 0.6) is 0 Å². The van der Waals surface area contributed by atoms with Crippen LogP contribution in [0.3, 0.4) is 0 Å². The summed E-state index contributed by atoms with van der Waals surface area (Å²) < 4.78 is 7.69. The lowest BCUT2D eigenvalue weighted by Gasteiger charge is -2.16. The smallest absolute Gasteiger partial charge is 0.125 e. The van der Waals surface area contributed by atoms with Crippen molar-refractivity contribution < 1.29 is 4.74 Å². The number of hydrogen-bond acceptors (Lipinski definition) is 2. The van der Waals surface area contributed by atoms with Crippen LogP contribution >= 0.6 is 11.6 Å². The maximum absolute atomic E-state index is 6.01. The minimum Gasteiger partial charge on any atom is -0.380 e. The fraction of sp³-hybridized carbons (Fsp3) is 0.500. The van der Waals surface area contributed by atoms with Gasteiger partial charge in [0.15, 0.2) is 0 Å². The van der Waals surface area contributed by atoms with Gasteiger partial charge in [-0.1, -0.05) is 12.1 Å². The molecule has 0 bridgehead atoms. The molecule has 2 aromatic rings. The van der Waals surface area contributed by atoms with Crippen molar-refractivity contribution in [2.45, 2.75) is 32.7 Å². The van der Waals surface area contributed by atoms with E-state index in [1.165, 1.54) is 5.56 Å². The summed E-state index contributed by atoms with van der Waals surface area (Å²) in [6.45, 7) is 7.62. The third-order valence-electron chi connectivity index (χ3n) is 3.12. The van der Waals surface area contributed by atoms with E-state index in [0.717, 1.165) is 23.5 Å². The van der Waals surface area contributed by atoms with Crippen LogP contribution in [0.25, 0.3) is 11.0 Å². The summed E-state index contributed by atoms with van der Waals surface area (Å²) in [6.07, 6.45) is 0. The van der Waals surface area contributed by atoms with Gasteiger partial charge in [0.1, 0.15) is 5.82 Å². The van der Waals surface area contributed by atoms with Crippen molar-refractivity contribution >= 4 is 22.6 Å². The van der Waals surface area contributed by atoms with E-state index in [2.05, 4.69) is 41.6 Å². The Morgan fingerprint density at radius 2 is 2.22 bits per heavy atom. The van der Waals surface area contributed by atoms with Crippen LogP contribution in [0.1, 0.15) is 31.3 Å². The lowest BCUT2D eigenvalue weighted by atomic mass is 10.2. The van der Waals surface area contributed by atoms with Crippen LogP contribution in [0.2, 0.25) is 0 Å². The molecule has 0 saturated heterocycles. The van der Waals surface area contributed by atoms with Gasteiger partial charge in [0.25, 0.3) is 0 Å². The van der Waals surface area contributed by atoms with Gasteiger partial charge in [0, 0.05) is 6.61 Å². The highest BCUT2D eigenvalue weighted by molar-refractivity contribution is 6.16. The lowest BCUT2D eigenvalue weighted by Crippen LogP contribution is -2.14. The van der Waals surface area contributed by atoms with Gasteiger partial charge in [-0.2, -0.15) is 0 Å². The Morgan fingerprint density at radius 3 is 2.89 bits per heavy atom. The molecule has 0 saturated carbocycles. The van der Waals surface area contributed by atoms with Crippen LogP contribution in [-0.4, -0.2) is 22.8 Å². The Hall–Kier alpha value is -1.06. The molecule has 0 radical (unpaired) electrons. The largest absolute Gasteiger partial charge is 0.380 e. The van der Waals surface area contributed by atoms with Crippen molar-refractivity contribution in [3.05, 3.63) is 29.6 Å². The van der Waals surface area contributed by atoms with Gasteiger partial charge in [-0.3, -0.25) is 0 Å². The maximum Gasteiger partial charge on any atom is 0.125 e. The molecule has 1 unspecified atom stereocenters. The summed E-state index contributed by atoms with van der Waals surface area (Å²) in [4.78, 5) is 4.64. The molecule has 0 aliphatic carbocycles. The number of para-hydroxylation sites is 1. The Balaban J connectivity index is 2.50. The number of rotatable bonds is 5. The molecule has 0 aliphatic heterocycles. The van der Waals surface area contributed by atoms with Crippen molar-refractivity contribution in [1.82, 2.24) is 9.55 Å². The Kier molecular flexibility index (Phi) is 4.25. The first kappa shape index (κ1) is 13.4. The van der Waals surface area contributed by atoms with Gasteiger partial charge in [-0.25, -0.2) is 4.98 Å². The zero-order valence-electron chi connectivity index (χ0n) is 11.1. The van der Waals surface area contributed by atoms with E-state index in [-0.39, 0.29) is 6.04 Å². The molecule has 0 N–H and O–H groups in total. The van der Waals surface area contributed by atoms with Gasteiger partial charge < -0.3 is 9.30 Å². The number of fused-ring (bicyclic) bond motifs is 1. The highest BCUT2D eigenvalue weighted by atomic mass is 35.5. The second-order valence-electron chi connectivity index (χ2n) is 4.48. The number of imidazole rings is 1. The van der Waals surface area contributed by atoms with E-state index in [1.807, 2.05) is 6.92 Å². The van der Waals surface area contributed by atoms with Gasteiger partial charge in [0.2, 0.25) is 0 Å². The highest BCUT2D eigenvalue weighted by Crippen LogP contribution is 2.24. The number of ether oxygens (including phenoxy) is 1. The van der Waals surface area contributed by atoms with Gasteiger partial charge in [-0.15, -0.1) is 11.6 Å². The average Bonchev–Trinajstić information content (AvgIpc) is 2.76. The van der Waals surface area contributed by atoms with E-state index >= 15 is 0 Å². The zero-order chi connectivity index (χ0) is 13.1. The third kappa shape index (κ3) is 2.38. The molecule has 1 aromatic carbocycles. The summed E-state index contributed by atoms with van der Waals surface area (Å²) in [6, 6.07) is 6.46. The first-order valence-corrected chi connectivity index (χ1v) is 6.82. The molecule has 3 nitrogen and oxygen atoms in total. The summed E-state index contributed by atoms with van der Waals surface area (Å²) in [5.74, 6) is 1.33. The summed E-state index contributed by atoms with van der Waals surface area (Å²) in [5.41, 5.74) is 3.36. The number of aryl methyl sites for hydroxylation is 1. The molecular weight excluding hydrogens is 248 g/mol. The lowest BCUT2D eigenvalue weighted by molar-refractivity contribution is 0.119. The van der Waals surface area contributed by atoms with E-state index in [0.29, 0.717) is 12.5 Å². The standard InChI is InChI=1S/C14H19ClN2O/c1-4-18-9-11(3)17-12-7-5-6-10(2)14(12)16-13(17)8-15/h5-7,11H,4,8-9H2,1-3H3. The molecular formula is C14H19ClN2O. The van der Waals surface area contributed by atoms with Gasteiger partial charge >= 0.3 is 0 Å².